The minimum atomic E-state index is -0.476. The molecule has 25 heavy (non-hydrogen) atoms. The average molecular weight is 360 g/mol. The van der Waals surface area contributed by atoms with Gasteiger partial charge in [-0.1, -0.05) is 6.07 Å². The van der Waals surface area contributed by atoms with E-state index in [0.29, 0.717) is 11.3 Å². The number of nitrogens with zero attached hydrogens (tertiary/aromatic N) is 1. The van der Waals surface area contributed by atoms with E-state index in [-0.39, 0.29) is 17.3 Å². The van der Waals surface area contributed by atoms with Crippen molar-refractivity contribution in [2.75, 3.05) is 18.2 Å². The Morgan fingerprint density at radius 3 is 2.48 bits per heavy atom. The Hall–Kier alpha value is -2.87. The van der Waals surface area contributed by atoms with E-state index >= 15 is 0 Å². The number of rotatable bonds is 6. The van der Waals surface area contributed by atoms with Crippen LogP contribution in [0.5, 0.6) is 0 Å². The van der Waals surface area contributed by atoms with Gasteiger partial charge in [-0.25, -0.2) is 4.79 Å². The summed E-state index contributed by atoms with van der Waals surface area (Å²) in [6.07, 6.45) is 0. The molecule has 0 spiro atoms. The highest BCUT2D eigenvalue weighted by atomic mass is 32.2. The Balaban J connectivity index is 1.98. The topological polar surface area (TPSA) is 98.5 Å². The normalized spacial score (nSPS) is 10.2. The van der Waals surface area contributed by atoms with Crippen molar-refractivity contribution in [3.8, 4) is 0 Å². The third kappa shape index (κ3) is 5.05. The first-order valence-electron chi connectivity index (χ1n) is 7.27. The van der Waals surface area contributed by atoms with Crippen molar-refractivity contribution >= 4 is 35.0 Å². The Morgan fingerprint density at radius 2 is 1.88 bits per heavy atom. The van der Waals surface area contributed by atoms with Gasteiger partial charge in [0.05, 0.1) is 23.3 Å². The Morgan fingerprint density at radius 1 is 1.20 bits per heavy atom. The highest BCUT2D eigenvalue weighted by Crippen LogP contribution is 2.22. The zero-order chi connectivity index (χ0) is 18.4. The molecule has 0 unspecified atom stereocenters. The number of benzene rings is 2. The van der Waals surface area contributed by atoms with Crippen LogP contribution in [0.1, 0.15) is 15.9 Å². The third-order valence-corrected chi connectivity index (χ3v) is 4.36. The highest BCUT2D eigenvalue weighted by molar-refractivity contribution is 8.00. The molecule has 2 rings (SSSR count). The van der Waals surface area contributed by atoms with Crippen LogP contribution in [0.2, 0.25) is 0 Å². The number of nitro benzene ring substituents is 1. The quantitative estimate of drug-likeness (QED) is 0.367. The summed E-state index contributed by atoms with van der Waals surface area (Å²) in [6, 6.07) is 10.9. The summed E-state index contributed by atoms with van der Waals surface area (Å²) < 4.78 is 4.66. The van der Waals surface area contributed by atoms with Crippen LogP contribution in [0.15, 0.2) is 47.4 Å². The lowest BCUT2D eigenvalue weighted by Gasteiger charge is -2.10. The van der Waals surface area contributed by atoms with Gasteiger partial charge in [0.15, 0.2) is 0 Å². The molecule has 0 saturated carbocycles. The lowest BCUT2D eigenvalue weighted by Crippen LogP contribution is -2.15. The second-order valence-electron chi connectivity index (χ2n) is 5.11. The largest absolute Gasteiger partial charge is 0.465 e. The Bertz CT molecular complexity index is 805. The number of carbonyl (C=O) groups is 2. The van der Waals surface area contributed by atoms with E-state index in [4.69, 9.17) is 0 Å². The van der Waals surface area contributed by atoms with Crippen LogP contribution in [0.4, 0.5) is 11.4 Å². The van der Waals surface area contributed by atoms with E-state index in [1.165, 1.54) is 31.0 Å². The molecule has 0 heterocycles. The molecule has 8 heteroatoms. The van der Waals surface area contributed by atoms with E-state index in [1.807, 2.05) is 6.92 Å². The molecule has 0 aliphatic carbocycles. The van der Waals surface area contributed by atoms with E-state index < -0.39 is 10.9 Å². The predicted molar refractivity (Wildman–Crippen MR) is 95.0 cm³/mol. The number of non-ortho nitro benzene ring substituents is 1. The van der Waals surface area contributed by atoms with Crippen LogP contribution in [0, 0.1) is 17.0 Å². The number of esters is 1. The number of hydrogen-bond donors (Lipinski definition) is 1. The second kappa shape index (κ2) is 8.29. The van der Waals surface area contributed by atoms with Crippen molar-refractivity contribution in [3.63, 3.8) is 0 Å². The molecule has 1 N–H and O–H groups in total. The van der Waals surface area contributed by atoms with Gasteiger partial charge >= 0.3 is 5.97 Å². The van der Waals surface area contributed by atoms with Crippen LogP contribution < -0.4 is 5.32 Å². The molecule has 0 saturated heterocycles. The van der Waals surface area contributed by atoms with Crippen molar-refractivity contribution in [2.24, 2.45) is 0 Å². The van der Waals surface area contributed by atoms with Crippen molar-refractivity contribution in [2.45, 2.75) is 11.8 Å². The standard InChI is InChI=1S/C17H16N2O5S/c1-11-3-4-12(17(21)24-2)9-15(11)18-16(20)10-25-14-7-5-13(6-8-14)19(22)23/h3-9H,10H2,1-2H3,(H,18,20). The molecular weight excluding hydrogens is 344 g/mol. The fraction of sp³-hybridized carbons (Fsp3) is 0.176. The van der Waals surface area contributed by atoms with E-state index in [2.05, 4.69) is 10.1 Å². The number of anilines is 1. The van der Waals surface area contributed by atoms with Crippen molar-refractivity contribution < 1.29 is 19.2 Å². The summed E-state index contributed by atoms with van der Waals surface area (Å²) in [4.78, 5) is 34.6. The number of nitro groups is 1. The number of carbonyl (C=O) groups excluding carboxylic acids is 2. The van der Waals surface area contributed by atoms with E-state index in [1.54, 1.807) is 30.3 Å². The number of nitrogens with one attached hydrogen (secondary N) is 1. The monoisotopic (exact) mass is 360 g/mol. The van der Waals surface area contributed by atoms with Crippen LogP contribution >= 0.6 is 11.8 Å². The van der Waals surface area contributed by atoms with Crippen molar-refractivity contribution in [1.82, 2.24) is 0 Å². The molecule has 0 atom stereocenters. The van der Waals surface area contributed by atoms with Crippen LogP contribution in [0.3, 0.4) is 0 Å². The number of methoxy groups -OCH3 is 1. The second-order valence-corrected chi connectivity index (χ2v) is 6.16. The lowest BCUT2D eigenvalue weighted by atomic mass is 10.1. The van der Waals surface area contributed by atoms with Gasteiger partial charge < -0.3 is 10.1 Å². The first-order valence-corrected chi connectivity index (χ1v) is 8.25. The molecule has 0 aromatic heterocycles. The smallest absolute Gasteiger partial charge is 0.337 e. The summed E-state index contributed by atoms with van der Waals surface area (Å²) in [5, 5.41) is 13.4. The zero-order valence-electron chi connectivity index (χ0n) is 13.6. The zero-order valence-corrected chi connectivity index (χ0v) is 14.5. The fourth-order valence-corrected chi connectivity index (χ4v) is 2.70. The molecule has 2 aromatic rings. The highest BCUT2D eigenvalue weighted by Gasteiger charge is 2.11. The van der Waals surface area contributed by atoms with Gasteiger partial charge in [0.2, 0.25) is 5.91 Å². The Labute approximate surface area is 148 Å². The number of aryl methyl sites for hydroxylation is 1. The van der Waals surface area contributed by atoms with Crippen LogP contribution in [0.25, 0.3) is 0 Å². The average Bonchev–Trinajstić information content (AvgIpc) is 2.61. The number of amides is 1. The number of ether oxygens (including phenoxy) is 1. The van der Waals surface area contributed by atoms with Gasteiger partial charge in [-0.3, -0.25) is 14.9 Å². The molecular formula is C17H16N2O5S. The van der Waals surface area contributed by atoms with Gasteiger partial charge in [-0.05, 0) is 36.8 Å². The molecule has 7 nitrogen and oxygen atoms in total. The maximum atomic E-state index is 12.1. The minimum absolute atomic E-state index is 0.00375. The lowest BCUT2D eigenvalue weighted by molar-refractivity contribution is -0.384. The fourth-order valence-electron chi connectivity index (χ4n) is 2.00. The molecule has 130 valence electrons. The maximum absolute atomic E-state index is 12.1. The summed E-state index contributed by atoms with van der Waals surface area (Å²) in [7, 11) is 1.29. The van der Waals surface area contributed by atoms with E-state index in [0.717, 1.165) is 10.5 Å². The summed E-state index contributed by atoms with van der Waals surface area (Å²) in [5.74, 6) is -0.580. The van der Waals surface area contributed by atoms with Gasteiger partial charge in [-0.2, -0.15) is 0 Å². The molecule has 0 aliphatic rings. The third-order valence-electron chi connectivity index (χ3n) is 3.35. The first-order chi connectivity index (χ1) is 11.9. The van der Waals surface area contributed by atoms with Gasteiger partial charge in [0.25, 0.3) is 5.69 Å². The Kier molecular flexibility index (Phi) is 6.13. The van der Waals surface area contributed by atoms with Gasteiger partial charge in [-0.15, -0.1) is 11.8 Å². The SMILES string of the molecule is COC(=O)c1ccc(C)c(NC(=O)CSc2ccc([N+](=O)[O-])cc2)c1. The van der Waals surface area contributed by atoms with Crippen molar-refractivity contribution in [1.29, 1.82) is 0 Å². The summed E-state index contributed by atoms with van der Waals surface area (Å²) >= 11 is 1.26. The molecule has 1 amide bonds. The number of thioether (sulfide) groups is 1. The molecule has 0 radical (unpaired) electrons. The molecule has 2 aromatic carbocycles. The predicted octanol–water partition coefficient (Wildman–Crippen LogP) is 3.42. The summed E-state index contributed by atoms with van der Waals surface area (Å²) in [5.41, 5.74) is 1.72. The summed E-state index contributed by atoms with van der Waals surface area (Å²) in [6.45, 7) is 1.82. The molecule has 0 fully saturated rings. The van der Waals surface area contributed by atoms with Crippen LogP contribution in [-0.2, 0) is 9.53 Å². The number of hydrogen-bond acceptors (Lipinski definition) is 6. The van der Waals surface area contributed by atoms with Crippen molar-refractivity contribution in [3.05, 3.63) is 63.7 Å². The van der Waals surface area contributed by atoms with Crippen LogP contribution in [-0.4, -0.2) is 29.7 Å². The van der Waals surface area contributed by atoms with Gasteiger partial charge in [0, 0.05) is 22.7 Å². The van der Waals surface area contributed by atoms with Gasteiger partial charge in [0.1, 0.15) is 0 Å². The maximum Gasteiger partial charge on any atom is 0.337 e. The first kappa shape index (κ1) is 18.5. The minimum Gasteiger partial charge on any atom is -0.465 e. The molecule has 0 bridgehead atoms. The van der Waals surface area contributed by atoms with E-state index in [9.17, 15) is 19.7 Å². The molecule has 0 aliphatic heterocycles.